The molecular formula is C27H33FN4O3. The van der Waals surface area contributed by atoms with Gasteiger partial charge in [0.2, 0.25) is 0 Å². The molecule has 35 heavy (non-hydrogen) atoms. The summed E-state index contributed by atoms with van der Waals surface area (Å²) in [4.78, 5) is 2.42. The van der Waals surface area contributed by atoms with Crippen LogP contribution in [-0.2, 0) is 22.7 Å². The third-order valence-corrected chi connectivity index (χ3v) is 5.92. The lowest BCUT2D eigenvalue weighted by Crippen LogP contribution is -2.25. The van der Waals surface area contributed by atoms with Gasteiger partial charge in [-0.25, -0.2) is 4.39 Å². The first-order chi connectivity index (χ1) is 17.2. The van der Waals surface area contributed by atoms with E-state index >= 15 is 0 Å². The van der Waals surface area contributed by atoms with Gasteiger partial charge in [-0.2, -0.15) is 5.10 Å². The summed E-state index contributed by atoms with van der Waals surface area (Å²) in [6.45, 7) is 5.27. The van der Waals surface area contributed by atoms with E-state index in [4.69, 9.17) is 19.9 Å². The monoisotopic (exact) mass is 480 g/mol. The maximum Gasteiger partial charge on any atom is 0.128 e. The molecule has 1 aliphatic rings. The van der Waals surface area contributed by atoms with Gasteiger partial charge in [-0.15, -0.1) is 0 Å². The predicted molar refractivity (Wildman–Crippen MR) is 134 cm³/mol. The molecule has 0 bridgehead atoms. The molecule has 0 radical (unpaired) electrons. The molecule has 2 heterocycles. The fraction of sp³-hybridized carbons (Fsp3) is 0.370. The van der Waals surface area contributed by atoms with E-state index in [1.165, 1.54) is 18.9 Å². The Labute approximate surface area is 205 Å². The summed E-state index contributed by atoms with van der Waals surface area (Å²) in [6.07, 6.45) is 7.96. The highest BCUT2D eigenvalue weighted by Gasteiger charge is 2.12. The second-order valence-corrected chi connectivity index (χ2v) is 8.54. The highest BCUT2D eigenvalue weighted by Crippen LogP contribution is 2.23. The van der Waals surface area contributed by atoms with Gasteiger partial charge in [0.15, 0.2) is 0 Å². The molecular weight excluding hydrogens is 447 g/mol. The van der Waals surface area contributed by atoms with Crippen molar-refractivity contribution in [3.8, 4) is 17.0 Å². The molecule has 8 heteroatoms. The molecule has 1 aromatic heterocycles. The SMILES string of the molecule is Nc1ccc(OCCN2CCCC2)c(COC/C=C/COCc2cc(-c3ccn[nH]3)ccc2F)c1. The van der Waals surface area contributed by atoms with Crippen molar-refractivity contribution in [1.29, 1.82) is 0 Å². The first-order valence-electron chi connectivity index (χ1n) is 12.0. The van der Waals surface area contributed by atoms with Crippen LogP contribution in [0.2, 0.25) is 0 Å². The smallest absolute Gasteiger partial charge is 0.128 e. The first kappa shape index (κ1) is 24.9. The molecule has 186 valence electrons. The number of hydrogen-bond donors (Lipinski definition) is 2. The van der Waals surface area contributed by atoms with Crippen molar-refractivity contribution in [3.05, 3.63) is 77.8 Å². The lowest BCUT2D eigenvalue weighted by atomic mass is 10.1. The van der Waals surface area contributed by atoms with Crippen LogP contribution in [0.15, 0.2) is 60.8 Å². The molecule has 4 rings (SSSR count). The third-order valence-electron chi connectivity index (χ3n) is 5.92. The standard InChI is InChI=1S/C27H33FN4O3/c28-25-7-5-21(26-9-10-30-31-26)17-22(25)19-33-14-3-4-15-34-20-23-18-24(29)6-8-27(23)35-16-13-32-11-1-2-12-32/h3-10,17-18H,1-2,11-16,19-20,29H2,(H,30,31)/b4-3+. The van der Waals surface area contributed by atoms with Gasteiger partial charge in [-0.05, 0) is 68.4 Å². The maximum absolute atomic E-state index is 14.1. The van der Waals surface area contributed by atoms with Crippen molar-refractivity contribution in [1.82, 2.24) is 15.1 Å². The van der Waals surface area contributed by atoms with Crippen molar-refractivity contribution in [2.45, 2.75) is 26.1 Å². The molecule has 7 nitrogen and oxygen atoms in total. The first-order valence-corrected chi connectivity index (χ1v) is 12.0. The summed E-state index contributed by atoms with van der Waals surface area (Å²) in [5.41, 5.74) is 9.78. The van der Waals surface area contributed by atoms with E-state index in [0.29, 0.717) is 37.7 Å². The van der Waals surface area contributed by atoms with Gasteiger partial charge < -0.3 is 19.9 Å². The lowest BCUT2D eigenvalue weighted by molar-refractivity contribution is 0.137. The number of likely N-dealkylation sites (tertiary alicyclic amines) is 1. The minimum absolute atomic E-state index is 0.181. The third kappa shape index (κ3) is 7.65. The molecule has 0 spiro atoms. The Hall–Kier alpha value is -3.20. The Kier molecular flexibility index (Phi) is 9.28. The summed E-state index contributed by atoms with van der Waals surface area (Å²) in [5, 5.41) is 6.81. The second-order valence-electron chi connectivity index (χ2n) is 8.54. The summed E-state index contributed by atoms with van der Waals surface area (Å²) in [7, 11) is 0. The van der Waals surface area contributed by atoms with E-state index in [9.17, 15) is 4.39 Å². The molecule has 3 N–H and O–H groups in total. The molecule has 0 unspecified atom stereocenters. The number of aromatic nitrogens is 2. The summed E-state index contributed by atoms with van der Waals surface area (Å²) < 4.78 is 31.5. The number of nitrogens with zero attached hydrogens (tertiary/aromatic N) is 2. The largest absolute Gasteiger partial charge is 0.492 e. The Morgan fingerprint density at radius 1 is 0.971 bits per heavy atom. The zero-order valence-electron chi connectivity index (χ0n) is 19.9. The number of nitrogen functional groups attached to an aromatic ring is 1. The summed E-state index contributed by atoms with van der Waals surface area (Å²) in [6, 6.07) is 12.4. The van der Waals surface area contributed by atoms with E-state index in [-0.39, 0.29) is 12.4 Å². The highest BCUT2D eigenvalue weighted by atomic mass is 19.1. The van der Waals surface area contributed by atoms with E-state index in [2.05, 4.69) is 15.1 Å². The van der Waals surface area contributed by atoms with Crippen molar-refractivity contribution in [3.63, 3.8) is 0 Å². The van der Waals surface area contributed by atoms with Crippen LogP contribution in [0.1, 0.15) is 24.0 Å². The second kappa shape index (κ2) is 13.0. The molecule has 1 fully saturated rings. The zero-order valence-corrected chi connectivity index (χ0v) is 19.9. The van der Waals surface area contributed by atoms with Gasteiger partial charge in [-0.1, -0.05) is 12.2 Å². The number of halogens is 1. The molecule has 3 aromatic rings. The Morgan fingerprint density at radius 3 is 2.49 bits per heavy atom. The molecule has 0 saturated carbocycles. The van der Waals surface area contributed by atoms with Crippen molar-refractivity contribution < 1.29 is 18.6 Å². The summed E-state index contributed by atoms with van der Waals surface area (Å²) >= 11 is 0. The number of nitrogens with two attached hydrogens (primary N) is 1. The van der Waals surface area contributed by atoms with Crippen LogP contribution >= 0.6 is 0 Å². The van der Waals surface area contributed by atoms with Gasteiger partial charge in [0.05, 0.1) is 32.1 Å². The van der Waals surface area contributed by atoms with Gasteiger partial charge in [0.1, 0.15) is 18.2 Å². The number of nitrogens with one attached hydrogen (secondary N) is 1. The van der Waals surface area contributed by atoms with Crippen molar-refractivity contribution >= 4 is 5.69 Å². The molecule has 0 aliphatic carbocycles. The number of hydrogen-bond acceptors (Lipinski definition) is 6. The topological polar surface area (TPSA) is 85.6 Å². The normalized spacial score (nSPS) is 14.2. The number of ether oxygens (including phenoxy) is 3. The Balaban J connectivity index is 1.16. The Bertz CT molecular complexity index is 1080. The number of benzene rings is 2. The quantitative estimate of drug-likeness (QED) is 0.212. The molecule has 2 aromatic carbocycles. The summed E-state index contributed by atoms with van der Waals surface area (Å²) in [5.74, 6) is 0.520. The minimum Gasteiger partial charge on any atom is -0.492 e. The van der Waals surface area contributed by atoms with Crippen LogP contribution in [0, 0.1) is 5.82 Å². The molecule has 0 amide bonds. The highest BCUT2D eigenvalue weighted by molar-refractivity contribution is 5.59. The van der Waals surface area contributed by atoms with Crippen LogP contribution in [0.4, 0.5) is 10.1 Å². The Morgan fingerprint density at radius 2 is 1.74 bits per heavy atom. The molecule has 1 saturated heterocycles. The van der Waals surface area contributed by atoms with E-state index < -0.39 is 0 Å². The number of anilines is 1. The molecule has 1 aliphatic heterocycles. The average Bonchev–Trinajstić information content (AvgIpc) is 3.58. The average molecular weight is 481 g/mol. The van der Waals surface area contributed by atoms with E-state index in [0.717, 1.165) is 42.2 Å². The van der Waals surface area contributed by atoms with Gasteiger partial charge in [-0.3, -0.25) is 10.00 Å². The predicted octanol–water partition coefficient (Wildman–Crippen LogP) is 4.56. The molecule has 0 atom stereocenters. The number of aromatic amines is 1. The van der Waals surface area contributed by atoms with Gasteiger partial charge in [0, 0.05) is 35.1 Å². The van der Waals surface area contributed by atoms with E-state index in [1.54, 1.807) is 18.3 Å². The van der Waals surface area contributed by atoms with Crippen molar-refractivity contribution in [2.24, 2.45) is 0 Å². The maximum atomic E-state index is 14.1. The fourth-order valence-corrected chi connectivity index (χ4v) is 4.02. The minimum atomic E-state index is -0.291. The van der Waals surface area contributed by atoms with Crippen molar-refractivity contribution in [2.75, 3.05) is 45.2 Å². The fourth-order valence-electron chi connectivity index (χ4n) is 4.02. The lowest BCUT2D eigenvalue weighted by Gasteiger charge is -2.17. The van der Waals surface area contributed by atoms with Gasteiger partial charge in [0.25, 0.3) is 0 Å². The van der Waals surface area contributed by atoms with Gasteiger partial charge >= 0.3 is 0 Å². The van der Waals surface area contributed by atoms with Crippen LogP contribution in [0.25, 0.3) is 11.3 Å². The zero-order chi connectivity index (χ0) is 24.3. The van der Waals surface area contributed by atoms with E-state index in [1.807, 2.05) is 36.4 Å². The number of rotatable bonds is 13. The van der Waals surface area contributed by atoms with Crippen LogP contribution < -0.4 is 10.5 Å². The number of H-pyrrole nitrogens is 1. The van der Waals surface area contributed by atoms with Crippen LogP contribution in [0.5, 0.6) is 5.75 Å². The van der Waals surface area contributed by atoms with Crippen LogP contribution in [0.3, 0.4) is 0 Å². The van der Waals surface area contributed by atoms with Crippen LogP contribution in [-0.4, -0.2) is 54.6 Å².